The smallest absolute Gasteiger partial charge is 0.247 e. The Kier molecular flexibility index (Phi) is 7.55. The highest BCUT2D eigenvalue weighted by Gasteiger charge is 2.46. The lowest BCUT2D eigenvalue weighted by molar-refractivity contribution is -0.129. The molecule has 2 fully saturated rings. The van der Waals surface area contributed by atoms with Crippen molar-refractivity contribution in [2.45, 2.75) is 82.4 Å². The molecule has 6 N–H and O–H groups in total. The van der Waals surface area contributed by atoms with Gasteiger partial charge in [0.2, 0.25) is 12.2 Å². The molecule has 0 aromatic heterocycles. The summed E-state index contributed by atoms with van der Waals surface area (Å²) in [6.45, 7) is 3.10. The molecule has 0 bridgehead atoms. The fourth-order valence-corrected chi connectivity index (χ4v) is 3.85. The molecule has 1 aromatic rings. The first-order chi connectivity index (χ1) is 14.7. The molecule has 9 nitrogen and oxygen atoms in total. The van der Waals surface area contributed by atoms with Crippen molar-refractivity contribution in [1.29, 1.82) is 0 Å². The topological polar surface area (TPSA) is 149 Å². The molecule has 9 heteroatoms. The van der Waals surface area contributed by atoms with Gasteiger partial charge >= 0.3 is 0 Å². The maximum Gasteiger partial charge on any atom is 0.247 e. The number of nitrogens with one attached hydrogen (secondary N) is 1. The fourth-order valence-electron chi connectivity index (χ4n) is 3.85. The van der Waals surface area contributed by atoms with E-state index in [0.717, 1.165) is 12.8 Å². The Labute approximate surface area is 180 Å². The van der Waals surface area contributed by atoms with Crippen molar-refractivity contribution in [1.82, 2.24) is 5.32 Å². The Balaban J connectivity index is 1.61. The minimum atomic E-state index is -1.38. The van der Waals surface area contributed by atoms with Gasteiger partial charge in [-0.25, -0.2) is 0 Å². The molecule has 0 radical (unpaired) electrons. The molecule has 3 rings (SSSR count). The molecule has 0 unspecified atom stereocenters. The molecule has 0 spiro atoms. The predicted octanol–water partition coefficient (Wildman–Crippen LogP) is 0.421. The van der Waals surface area contributed by atoms with E-state index in [2.05, 4.69) is 5.32 Å². The first kappa shape index (κ1) is 23.5. The Bertz CT molecular complexity index is 803. The zero-order valence-electron chi connectivity index (χ0n) is 17.6. The first-order valence-electron chi connectivity index (χ1n) is 10.5. The zero-order chi connectivity index (χ0) is 22.7. The van der Waals surface area contributed by atoms with Gasteiger partial charge in [-0.15, -0.1) is 0 Å². The highest BCUT2D eigenvalue weighted by Crippen LogP contribution is 2.32. The number of rotatable bonds is 6. The molecule has 1 heterocycles. The summed E-state index contributed by atoms with van der Waals surface area (Å²) < 4.78 is 10.8. The molecule has 1 saturated heterocycles. The number of aliphatic hydroxyl groups is 4. The minimum Gasteiger partial charge on any atom is -0.504 e. The van der Waals surface area contributed by atoms with Gasteiger partial charge in [-0.05, 0) is 63.3 Å². The number of amides is 1. The number of benzene rings is 1. The van der Waals surface area contributed by atoms with E-state index in [1.165, 1.54) is 19.1 Å². The number of hydrogen-bond donors (Lipinski definition) is 6. The number of ether oxygens (including phenoxy) is 2. The van der Waals surface area contributed by atoms with Crippen molar-refractivity contribution < 1.29 is 39.8 Å². The molecule has 1 saturated carbocycles. The Hall–Kier alpha value is -2.17. The molecule has 5 atom stereocenters. The van der Waals surface area contributed by atoms with E-state index < -0.39 is 30.7 Å². The van der Waals surface area contributed by atoms with Crippen LogP contribution in [0.15, 0.2) is 23.8 Å². The van der Waals surface area contributed by atoms with Crippen LogP contribution in [0.3, 0.4) is 0 Å². The van der Waals surface area contributed by atoms with Gasteiger partial charge in [0.05, 0.1) is 12.2 Å². The lowest BCUT2D eigenvalue weighted by Gasteiger charge is -2.26. The number of hydrogen-bond acceptors (Lipinski definition) is 8. The third-order valence-corrected chi connectivity index (χ3v) is 5.73. The molecule has 31 heavy (non-hydrogen) atoms. The maximum absolute atomic E-state index is 12.4. The lowest BCUT2D eigenvalue weighted by atomic mass is 9.93. The number of phenolic OH excluding ortho intramolecular Hbond substituents is 1. The van der Waals surface area contributed by atoms with Crippen LogP contribution in [0, 0.1) is 0 Å². The van der Waals surface area contributed by atoms with E-state index in [4.69, 9.17) is 9.47 Å². The molecule has 2 aliphatic rings. The van der Waals surface area contributed by atoms with Gasteiger partial charge in [0.15, 0.2) is 11.5 Å². The fraction of sp³-hybridized carbons (Fsp3) is 0.591. The molecule has 1 aromatic carbocycles. The van der Waals surface area contributed by atoms with E-state index in [0.29, 0.717) is 24.0 Å². The van der Waals surface area contributed by atoms with Crippen molar-refractivity contribution in [3.8, 4) is 11.5 Å². The SMILES string of the molecule is C/C(=C\c1ccc(O[C@@H]2O[C@H]([C@H](C)O)[C@@H](O)[C@@H]2O)c(O)c1)C(=O)NC1CCC(O)CC1. The summed E-state index contributed by atoms with van der Waals surface area (Å²) in [5, 5.41) is 52.4. The monoisotopic (exact) mass is 437 g/mol. The van der Waals surface area contributed by atoms with Crippen molar-refractivity contribution in [3.05, 3.63) is 29.3 Å². The molecule has 172 valence electrons. The van der Waals surface area contributed by atoms with Gasteiger partial charge in [-0.3, -0.25) is 4.79 Å². The van der Waals surface area contributed by atoms with E-state index in [1.54, 1.807) is 19.1 Å². The molecule has 1 aliphatic heterocycles. The van der Waals surface area contributed by atoms with Crippen molar-refractivity contribution >= 4 is 12.0 Å². The van der Waals surface area contributed by atoms with Gasteiger partial charge < -0.3 is 40.3 Å². The third-order valence-electron chi connectivity index (χ3n) is 5.73. The van der Waals surface area contributed by atoms with E-state index >= 15 is 0 Å². The molecule has 1 amide bonds. The van der Waals surface area contributed by atoms with Crippen LogP contribution in [-0.4, -0.2) is 74.3 Å². The minimum absolute atomic E-state index is 0.0301. The summed E-state index contributed by atoms with van der Waals surface area (Å²) in [5.74, 6) is -0.404. The van der Waals surface area contributed by atoms with Gasteiger partial charge in [-0.2, -0.15) is 0 Å². The quantitative estimate of drug-likeness (QED) is 0.351. The van der Waals surface area contributed by atoms with Crippen molar-refractivity contribution in [2.24, 2.45) is 0 Å². The summed E-state index contributed by atoms with van der Waals surface area (Å²) in [6, 6.07) is 4.55. The standard InChI is InChI=1S/C22H31NO8/c1-11(21(29)23-14-4-6-15(25)7-5-14)9-13-3-8-17(16(26)10-13)30-22-19(28)18(27)20(31-22)12(2)24/h3,8-10,12,14-15,18-20,22,24-28H,4-7H2,1-2H3,(H,23,29)/b11-9+/t12-,14?,15?,18-,19-,20+,22+/m0/s1. The predicted molar refractivity (Wildman–Crippen MR) is 111 cm³/mol. The number of carbonyl (C=O) groups excluding carboxylic acids is 1. The van der Waals surface area contributed by atoms with Gasteiger partial charge in [-0.1, -0.05) is 6.07 Å². The van der Waals surface area contributed by atoms with Crippen LogP contribution < -0.4 is 10.1 Å². The van der Waals surface area contributed by atoms with Crippen LogP contribution in [0.4, 0.5) is 0 Å². The highest BCUT2D eigenvalue weighted by molar-refractivity contribution is 5.97. The summed E-state index contributed by atoms with van der Waals surface area (Å²) in [7, 11) is 0. The number of aliphatic hydroxyl groups excluding tert-OH is 4. The van der Waals surface area contributed by atoms with Crippen molar-refractivity contribution in [2.75, 3.05) is 0 Å². The normalized spacial score (nSPS) is 32.5. The van der Waals surface area contributed by atoms with Gasteiger partial charge in [0.25, 0.3) is 0 Å². The number of aromatic hydroxyl groups is 1. The largest absolute Gasteiger partial charge is 0.504 e. The van der Waals surface area contributed by atoms with Crippen LogP contribution >= 0.6 is 0 Å². The second kappa shape index (κ2) is 9.97. The van der Waals surface area contributed by atoms with Gasteiger partial charge in [0.1, 0.15) is 18.3 Å². The second-order valence-electron chi connectivity index (χ2n) is 8.34. The summed E-state index contributed by atoms with van der Waals surface area (Å²) in [5.41, 5.74) is 1.04. The average molecular weight is 437 g/mol. The van der Waals surface area contributed by atoms with Crippen molar-refractivity contribution in [3.63, 3.8) is 0 Å². The second-order valence-corrected chi connectivity index (χ2v) is 8.34. The Morgan fingerprint density at radius 1 is 1.19 bits per heavy atom. The van der Waals surface area contributed by atoms with E-state index in [-0.39, 0.29) is 29.6 Å². The van der Waals surface area contributed by atoms with Crippen LogP contribution in [-0.2, 0) is 9.53 Å². The molecule has 1 aliphatic carbocycles. The summed E-state index contributed by atoms with van der Waals surface area (Å²) in [4.78, 5) is 12.4. The van der Waals surface area contributed by atoms with Crippen LogP contribution in [0.25, 0.3) is 6.08 Å². The average Bonchev–Trinajstić information content (AvgIpc) is 3.00. The Morgan fingerprint density at radius 3 is 2.45 bits per heavy atom. The number of carbonyl (C=O) groups is 1. The first-order valence-corrected chi connectivity index (χ1v) is 10.5. The molecular formula is C22H31NO8. The van der Waals surface area contributed by atoms with Crippen LogP contribution in [0.2, 0.25) is 0 Å². The van der Waals surface area contributed by atoms with E-state index in [1.807, 2.05) is 0 Å². The van der Waals surface area contributed by atoms with Crippen LogP contribution in [0.1, 0.15) is 45.1 Å². The number of phenols is 1. The molecular weight excluding hydrogens is 406 g/mol. The van der Waals surface area contributed by atoms with Gasteiger partial charge in [0, 0.05) is 11.6 Å². The lowest BCUT2D eigenvalue weighted by Crippen LogP contribution is -2.38. The zero-order valence-corrected chi connectivity index (χ0v) is 17.6. The summed E-state index contributed by atoms with van der Waals surface area (Å²) >= 11 is 0. The van der Waals surface area contributed by atoms with Crippen LogP contribution in [0.5, 0.6) is 11.5 Å². The van der Waals surface area contributed by atoms with E-state index in [9.17, 15) is 30.3 Å². The Morgan fingerprint density at radius 2 is 1.87 bits per heavy atom. The summed E-state index contributed by atoms with van der Waals surface area (Å²) in [6.07, 6.45) is -1.77. The maximum atomic E-state index is 12.4. The third kappa shape index (κ3) is 5.75. The highest BCUT2D eigenvalue weighted by atomic mass is 16.7.